The third-order valence-corrected chi connectivity index (χ3v) is 3.16. The van der Waals surface area contributed by atoms with Crippen LogP contribution in [0.1, 0.15) is 32.3 Å². The van der Waals surface area contributed by atoms with Gasteiger partial charge in [0.2, 0.25) is 5.91 Å². The zero-order valence-corrected chi connectivity index (χ0v) is 17.1. The van der Waals surface area contributed by atoms with E-state index in [1.807, 2.05) is 51.1 Å². The first-order valence-electron chi connectivity index (χ1n) is 7.77. The van der Waals surface area contributed by atoms with Crippen LogP contribution in [0.5, 0.6) is 0 Å². The van der Waals surface area contributed by atoms with E-state index in [2.05, 4.69) is 20.9 Å². The number of guanidine groups is 1. The number of aliphatic hydroxyl groups excluding tert-OH is 1. The van der Waals surface area contributed by atoms with E-state index in [4.69, 9.17) is 0 Å². The number of aliphatic imine (C=N–C) groups is 1. The summed E-state index contributed by atoms with van der Waals surface area (Å²) >= 11 is 0. The number of amides is 1. The highest BCUT2D eigenvalue weighted by Gasteiger charge is 2.14. The van der Waals surface area contributed by atoms with Gasteiger partial charge in [-0.25, -0.2) is 0 Å². The van der Waals surface area contributed by atoms with E-state index in [1.165, 1.54) is 0 Å². The summed E-state index contributed by atoms with van der Waals surface area (Å²) in [4.78, 5) is 15.9. The number of nitrogens with zero attached hydrogens (tertiary/aromatic N) is 1. The average Bonchev–Trinajstić information content (AvgIpc) is 2.50. The number of nitrogens with one attached hydrogen (secondary N) is 3. The van der Waals surface area contributed by atoms with Gasteiger partial charge in [-0.05, 0) is 26.3 Å². The molecule has 0 radical (unpaired) electrons. The second-order valence-corrected chi connectivity index (χ2v) is 6.40. The summed E-state index contributed by atoms with van der Waals surface area (Å²) in [5.74, 6) is 0.406. The van der Waals surface area contributed by atoms with E-state index in [9.17, 15) is 9.90 Å². The maximum Gasteiger partial charge on any atom is 0.239 e. The minimum Gasteiger partial charge on any atom is -0.396 e. The van der Waals surface area contributed by atoms with Crippen LogP contribution in [-0.2, 0) is 4.79 Å². The van der Waals surface area contributed by atoms with Crippen LogP contribution in [0.15, 0.2) is 35.3 Å². The normalized spacial score (nSPS) is 12.8. The number of halogens is 1. The van der Waals surface area contributed by atoms with Gasteiger partial charge < -0.3 is 21.1 Å². The van der Waals surface area contributed by atoms with Crippen LogP contribution < -0.4 is 16.0 Å². The molecule has 1 atom stereocenters. The van der Waals surface area contributed by atoms with Crippen molar-refractivity contribution in [2.45, 2.75) is 32.2 Å². The quantitative estimate of drug-likeness (QED) is 0.302. The summed E-state index contributed by atoms with van der Waals surface area (Å²) in [6, 6.07) is 9.80. The predicted molar refractivity (Wildman–Crippen MR) is 109 cm³/mol. The number of benzene rings is 1. The molecule has 0 bridgehead atoms. The monoisotopic (exact) mass is 448 g/mol. The smallest absolute Gasteiger partial charge is 0.239 e. The molecule has 1 aromatic rings. The Kier molecular flexibility index (Phi) is 10.6. The molecule has 1 rings (SSSR count). The maximum atomic E-state index is 11.8. The molecule has 0 aliphatic rings. The molecule has 0 fully saturated rings. The van der Waals surface area contributed by atoms with Crippen molar-refractivity contribution in [3.63, 3.8) is 0 Å². The Morgan fingerprint density at radius 1 is 1.21 bits per heavy atom. The van der Waals surface area contributed by atoms with Crippen LogP contribution in [0.25, 0.3) is 0 Å². The molecule has 0 aliphatic carbocycles. The molecule has 24 heavy (non-hydrogen) atoms. The average molecular weight is 448 g/mol. The number of aliphatic hydroxyl groups is 1. The summed E-state index contributed by atoms with van der Waals surface area (Å²) in [5, 5.41) is 18.5. The molecule has 1 amide bonds. The maximum absolute atomic E-state index is 11.8. The number of hydrogen-bond donors (Lipinski definition) is 4. The fourth-order valence-electron chi connectivity index (χ4n) is 2.08. The van der Waals surface area contributed by atoms with Crippen molar-refractivity contribution < 1.29 is 9.90 Å². The molecule has 0 aliphatic heterocycles. The molecular weight excluding hydrogens is 419 g/mol. The Balaban J connectivity index is 0.00000529. The van der Waals surface area contributed by atoms with Crippen molar-refractivity contribution in [2.24, 2.45) is 4.99 Å². The van der Waals surface area contributed by atoms with Crippen molar-refractivity contribution >= 4 is 35.8 Å². The molecule has 0 heterocycles. The van der Waals surface area contributed by atoms with Crippen LogP contribution in [-0.4, -0.2) is 49.3 Å². The van der Waals surface area contributed by atoms with Gasteiger partial charge in [0, 0.05) is 25.0 Å². The second-order valence-electron chi connectivity index (χ2n) is 6.40. The number of carbonyl (C=O) groups excluding carboxylic acids is 1. The highest BCUT2D eigenvalue weighted by Crippen LogP contribution is 2.13. The molecule has 1 aromatic carbocycles. The molecule has 6 nitrogen and oxygen atoms in total. The molecule has 0 saturated heterocycles. The van der Waals surface area contributed by atoms with E-state index >= 15 is 0 Å². The Morgan fingerprint density at radius 2 is 1.83 bits per heavy atom. The van der Waals surface area contributed by atoms with Gasteiger partial charge in [0.1, 0.15) is 0 Å². The number of carbonyl (C=O) groups is 1. The molecular formula is C17H29IN4O2. The molecule has 7 heteroatoms. The Bertz CT molecular complexity index is 515. The van der Waals surface area contributed by atoms with Gasteiger partial charge in [0.25, 0.3) is 0 Å². The van der Waals surface area contributed by atoms with Crippen LogP contribution in [0.4, 0.5) is 0 Å². The van der Waals surface area contributed by atoms with Crippen LogP contribution in [0, 0.1) is 0 Å². The van der Waals surface area contributed by atoms with Gasteiger partial charge in [0.05, 0.1) is 13.2 Å². The molecule has 0 aromatic heterocycles. The second kappa shape index (κ2) is 11.2. The highest BCUT2D eigenvalue weighted by molar-refractivity contribution is 14.0. The topological polar surface area (TPSA) is 85.8 Å². The standard InChI is InChI=1S/C17H28N4O2.HI/c1-17(2,3)21-15(23)11-20-16(18-4)19-10-14(12-22)13-8-6-5-7-9-13;/h5-9,14,22H,10-12H2,1-4H3,(H,21,23)(H2,18,19,20);1H. The van der Waals surface area contributed by atoms with Crippen molar-refractivity contribution in [3.05, 3.63) is 35.9 Å². The summed E-state index contributed by atoms with van der Waals surface area (Å²) in [6.45, 7) is 6.52. The fourth-order valence-corrected chi connectivity index (χ4v) is 2.08. The van der Waals surface area contributed by atoms with Crippen molar-refractivity contribution in [1.82, 2.24) is 16.0 Å². The highest BCUT2D eigenvalue weighted by atomic mass is 127. The number of hydrogen-bond acceptors (Lipinski definition) is 3. The lowest BCUT2D eigenvalue weighted by Gasteiger charge is -2.21. The zero-order chi connectivity index (χ0) is 17.3. The van der Waals surface area contributed by atoms with Crippen molar-refractivity contribution in [2.75, 3.05) is 26.7 Å². The van der Waals surface area contributed by atoms with E-state index in [1.54, 1.807) is 7.05 Å². The Labute approximate surface area is 161 Å². The SMILES string of the molecule is CN=C(NCC(=O)NC(C)(C)C)NCC(CO)c1ccccc1.I. The summed E-state index contributed by atoms with van der Waals surface area (Å²) in [7, 11) is 1.65. The van der Waals surface area contributed by atoms with Gasteiger partial charge in [-0.15, -0.1) is 24.0 Å². The molecule has 1 unspecified atom stereocenters. The third kappa shape index (κ3) is 9.07. The van der Waals surface area contributed by atoms with Gasteiger partial charge in [-0.3, -0.25) is 9.79 Å². The van der Waals surface area contributed by atoms with Gasteiger partial charge >= 0.3 is 0 Å². The summed E-state index contributed by atoms with van der Waals surface area (Å²) < 4.78 is 0. The van der Waals surface area contributed by atoms with Crippen molar-refractivity contribution in [3.8, 4) is 0 Å². The summed E-state index contributed by atoms with van der Waals surface area (Å²) in [5.41, 5.74) is 0.800. The molecule has 4 N–H and O–H groups in total. The van der Waals surface area contributed by atoms with Gasteiger partial charge in [0.15, 0.2) is 5.96 Å². The molecule has 0 spiro atoms. The molecule has 136 valence electrons. The summed E-state index contributed by atoms with van der Waals surface area (Å²) in [6.07, 6.45) is 0. The zero-order valence-electron chi connectivity index (χ0n) is 14.8. The van der Waals surface area contributed by atoms with Crippen LogP contribution in [0.2, 0.25) is 0 Å². The minimum absolute atomic E-state index is 0. The lowest BCUT2D eigenvalue weighted by Crippen LogP contribution is -2.48. The predicted octanol–water partition coefficient (Wildman–Crippen LogP) is 1.46. The van der Waals surface area contributed by atoms with Crippen molar-refractivity contribution in [1.29, 1.82) is 0 Å². The molecule has 0 saturated carbocycles. The minimum atomic E-state index is -0.259. The van der Waals surface area contributed by atoms with Gasteiger partial charge in [-0.1, -0.05) is 30.3 Å². The van der Waals surface area contributed by atoms with Crippen LogP contribution >= 0.6 is 24.0 Å². The number of rotatable bonds is 6. The van der Waals surface area contributed by atoms with E-state index in [0.717, 1.165) is 5.56 Å². The lowest BCUT2D eigenvalue weighted by atomic mass is 10.0. The van der Waals surface area contributed by atoms with E-state index < -0.39 is 0 Å². The largest absolute Gasteiger partial charge is 0.396 e. The van der Waals surface area contributed by atoms with E-state index in [-0.39, 0.29) is 54.5 Å². The fraction of sp³-hybridized carbons (Fsp3) is 0.529. The first-order valence-corrected chi connectivity index (χ1v) is 7.77. The third-order valence-electron chi connectivity index (χ3n) is 3.16. The first-order chi connectivity index (χ1) is 10.9. The van der Waals surface area contributed by atoms with Crippen LogP contribution in [0.3, 0.4) is 0 Å². The van der Waals surface area contributed by atoms with E-state index in [0.29, 0.717) is 12.5 Å². The Morgan fingerprint density at radius 3 is 2.33 bits per heavy atom. The lowest BCUT2D eigenvalue weighted by molar-refractivity contribution is -0.121. The van der Waals surface area contributed by atoms with Gasteiger partial charge in [-0.2, -0.15) is 0 Å². The Hall–Kier alpha value is -1.35. The first kappa shape index (κ1) is 22.6.